The molecule has 1 aliphatic carbocycles. The minimum Gasteiger partial charge on any atom is -1.00 e. The van der Waals surface area contributed by atoms with Crippen LogP contribution in [0.1, 0.15) is 81.3 Å². The summed E-state index contributed by atoms with van der Waals surface area (Å²) in [6.45, 7) is 13.7. The van der Waals surface area contributed by atoms with Crippen LogP contribution in [0.5, 0.6) is 0 Å². The van der Waals surface area contributed by atoms with Crippen LogP contribution in [0, 0.1) is 6.08 Å². The first-order chi connectivity index (χ1) is 22.2. The summed E-state index contributed by atoms with van der Waals surface area (Å²) in [4.78, 5) is 0. The zero-order valence-electron chi connectivity index (χ0n) is 28.6. The molecule has 0 spiro atoms. The summed E-state index contributed by atoms with van der Waals surface area (Å²) < 4.78 is 76.7. The summed E-state index contributed by atoms with van der Waals surface area (Å²) in [7, 11) is 0. The van der Waals surface area contributed by atoms with Crippen molar-refractivity contribution in [2.75, 3.05) is 0 Å². The van der Waals surface area contributed by atoms with Crippen molar-refractivity contribution in [2.45, 2.75) is 71.1 Å². The Morgan fingerprint density at radius 3 is 1.32 bits per heavy atom. The van der Waals surface area contributed by atoms with E-state index < -0.39 is 23.5 Å². The van der Waals surface area contributed by atoms with Gasteiger partial charge in [0.05, 0.1) is 0 Å². The molecule has 264 valence electrons. The molecule has 0 saturated carbocycles. The first kappa shape index (κ1) is 43.3. The Balaban J connectivity index is 0.000000293. The largest absolute Gasteiger partial charge is 1.00 e. The number of hydrogen-bond acceptors (Lipinski definition) is 0. The number of benzene rings is 4. The summed E-state index contributed by atoms with van der Waals surface area (Å²) in [6.07, 6.45) is 1.03. The standard InChI is InChI=1S/C21H25.C15H8F6.C5H5.2ClH.Zr/c1-20(2,3)16-9-7-14-11-15-8-10-17(21(4,5)6)13-19(15)18(14)12-16;16-14(17,18)12-5-1-3-10(8-12)7-11-4-2-6-13(9-11)15(19,20)21;1-2-4-5-3-1;;;/h7-13H,1-6H3;1-6,8-9H;1-3H,4H2;2*1H;/q-1;;-1;;;+2/p-2. The SMILES string of the molecule is CC(C)(C)c1ccc2[cH-]c3ccc(C(C)(C)C)cc3c2c1.FC(F)(F)c1cccc([C](=[Zr+2])c2cccc(C(F)(F)F)c2)c1.[C-]1=CC=CC1.[Cl-].[Cl-]. The molecule has 9 heteroatoms. The van der Waals surface area contributed by atoms with Crippen molar-refractivity contribution in [3.8, 4) is 0 Å². The topological polar surface area (TPSA) is 0 Å². The van der Waals surface area contributed by atoms with Gasteiger partial charge in [-0.1, -0.05) is 76.9 Å². The van der Waals surface area contributed by atoms with Crippen molar-refractivity contribution in [3.05, 3.63) is 149 Å². The Bertz CT molecular complexity index is 1830. The third kappa shape index (κ3) is 11.3. The van der Waals surface area contributed by atoms with Crippen LogP contribution in [0.4, 0.5) is 26.3 Å². The van der Waals surface area contributed by atoms with Crippen LogP contribution in [0.2, 0.25) is 0 Å². The van der Waals surface area contributed by atoms with Gasteiger partial charge >= 0.3 is 137 Å². The second-order valence-electron chi connectivity index (χ2n) is 13.8. The minimum atomic E-state index is -4.49. The molecular formula is C41H38Cl2F6Zr-2. The Labute approximate surface area is 318 Å². The molecule has 6 rings (SSSR count). The molecular weight excluding hydrogens is 769 g/mol. The Hall–Kier alpha value is -2.86. The molecule has 0 unspecified atom stereocenters. The van der Waals surface area contributed by atoms with Crippen LogP contribution in [-0.4, -0.2) is 3.21 Å². The van der Waals surface area contributed by atoms with E-state index in [-0.39, 0.29) is 46.8 Å². The smallest absolute Gasteiger partial charge is 0.109 e. The van der Waals surface area contributed by atoms with Gasteiger partial charge < -0.3 is 24.8 Å². The fourth-order valence-corrected chi connectivity index (χ4v) is 5.90. The molecule has 0 amide bonds. The fraction of sp³-hybridized carbons (Fsp3) is 0.268. The maximum Gasteiger partial charge on any atom is -0.109 e. The van der Waals surface area contributed by atoms with Crippen molar-refractivity contribution >= 4 is 24.8 Å². The van der Waals surface area contributed by atoms with Gasteiger partial charge in [-0.3, -0.25) is 6.08 Å². The van der Waals surface area contributed by atoms with Gasteiger partial charge in [-0.25, -0.2) is 12.2 Å². The Morgan fingerprint density at radius 1 is 0.600 bits per heavy atom. The molecule has 0 atom stereocenters. The average Bonchev–Trinajstić information content (AvgIpc) is 3.71. The molecule has 0 aliphatic heterocycles. The summed E-state index contributed by atoms with van der Waals surface area (Å²) in [5, 5.41) is 5.49. The van der Waals surface area contributed by atoms with E-state index in [2.05, 4.69) is 96.2 Å². The van der Waals surface area contributed by atoms with Crippen LogP contribution in [0.15, 0.2) is 109 Å². The number of halogens is 8. The molecule has 5 aromatic carbocycles. The van der Waals surface area contributed by atoms with Gasteiger partial charge in [0.15, 0.2) is 0 Å². The third-order valence-corrected chi connectivity index (χ3v) is 9.40. The van der Waals surface area contributed by atoms with Crippen molar-refractivity contribution in [1.82, 2.24) is 0 Å². The normalized spacial score (nSPS) is 12.8. The van der Waals surface area contributed by atoms with E-state index in [4.69, 9.17) is 0 Å². The summed E-state index contributed by atoms with van der Waals surface area (Å²) >= 11 is 0.729. The number of alkyl halides is 6. The molecule has 5 aromatic rings. The number of fused-ring (bicyclic) bond motifs is 3. The summed E-state index contributed by atoms with van der Waals surface area (Å²) in [6, 6.07) is 25.3. The number of allylic oxidation sites excluding steroid dienone is 4. The summed E-state index contributed by atoms with van der Waals surface area (Å²) in [5.74, 6) is 0. The predicted molar refractivity (Wildman–Crippen MR) is 182 cm³/mol. The van der Waals surface area contributed by atoms with E-state index in [0.29, 0.717) is 3.21 Å². The van der Waals surface area contributed by atoms with Crippen molar-refractivity contribution in [2.24, 2.45) is 0 Å². The average molecular weight is 807 g/mol. The van der Waals surface area contributed by atoms with Crippen molar-refractivity contribution < 1.29 is 75.4 Å². The van der Waals surface area contributed by atoms with Gasteiger partial charge in [-0.2, -0.15) is 6.08 Å². The number of hydrogen-bond donors (Lipinski definition) is 0. The zero-order chi connectivity index (χ0) is 35.5. The first-order valence-corrected chi connectivity index (χ1v) is 16.8. The van der Waals surface area contributed by atoms with Crippen LogP contribution in [0.25, 0.3) is 21.5 Å². The minimum absolute atomic E-state index is 0. The molecule has 0 fully saturated rings. The van der Waals surface area contributed by atoms with E-state index in [0.717, 1.165) is 54.9 Å². The Morgan fingerprint density at radius 2 is 1.02 bits per heavy atom. The molecule has 1 aliphatic rings. The molecule has 0 radical (unpaired) electrons. The van der Waals surface area contributed by atoms with Crippen LogP contribution >= 0.6 is 0 Å². The van der Waals surface area contributed by atoms with Crippen LogP contribution in [-0.2, 0) is 47.4 Å². The predicted octanol–water partition coefficient (Wildman–Crippen LogP) is 6.46. The molecule has 0 aromatic heterocycles. The summed E-state index contributed by atoms with van der Waals surface area (Å²) in [5.41, 5.74) is 2.10. The van der Waals surface area contributed by atoms with Gasteiger partial charge in [0.2, 0.25) is 0 Å². The molecule has 0 nitrogen and oxygen atoms in total. The van der Waals surface area contributed by atoms with E-state index in [1.54, 1.807) is 0 Å². The Kier molecular flexibility index (Phi) is 14.8. The van der Waals surface area contributed by atoms with Gasteiger partial charge in [0, 0.05) is 0 Å². The zero-order valence-corrected chi connectivity index (χ0v) is 32.6. The van der Waals surface area contributed by atoms with E-state index >= 15 is 0 Å². The second-order valence-corrected chi connectivity index (χ2v) is 15.0. The van der Waals surface area contributed by atoms with E-state index in [1.807, 2.05) is 12.2 Å². The van der Waals surface area contributed by atoms with Crippen molar-refractivity contribution in [3.63, 3.8) is 0 Å². The van der Waals surface area contributed by atoms with E-state index in [1.165, 1.54) is 56.9 Å². The maximum atomic E-state index is 12.7. The van der Waals surface area contributed by atoms with Crippen LogP contribution < -0.4 is 24.8 Å². The monoisotopic (exact) mass is 804 g/mol. The second kappa shape index (κ2) is 17.1. The van der Waals surface area contributed by atoms with Gasteiger partial charge in [-0.05, 0) is 10.8 Å². The molecule has 0 heterocycles. The molecule has 0 bridgehead atoms. The van der Waals surface area contributed by atoms with E-state index in [9.17, 15) is 26.3 Å². The number of rotatable bonds is 2. The first-order valence-electron chi connectivity index (χ1n) is 15.5. The molecule has 0 N–H and O–H groups in total. The quantitative estimate of drug-likeness (QED) is 0.142. The molecule has 50 heavy (non-hydrogen) atoms. The maximum absolute atomic E-state index is 12.7. The van der Waals surface area contributed by atoms with Crippen molar-refractivity contribution in [1.29, 1.82) is 0 Å². The van der Waals surface area contributed by atoms with Gasteiger partial charge in [-0.15, -0.1) is 46.2 Å². The third-order valence-electron chi connectivity index (χ3n) is 7.98. The van der Waals surface area contributed by atoms with Gasteiger partial charge in [0.25, 0.3) is 0 Å². The molecule has 0 saturated heterocycles. The van der Waals surface area contributed by atoms with Gasteiger partial charge in [0.1, 0.15) is 0 Å². The fourth-order valence-electron chi connectivity index (χ4n) is 5.14. The van der Waals surface area contributed by atoms with Crippen LogP contribution in [0.3, 0.4) is 0 Å².